The molecule has 12 heteroatoms. The highest BCUT2D eigenvalue weighted by molar-refractivity contribution is 7.90. The molecule has 1 aliphatic carbocycles. The van der Waals surface area contributed by atoms with Gasteiger partial charge in [0.25, 0.3) is 0 Å². The summed E-state index contributed by atoms with van der Waals surface area (Å²) in [7, 11) is -7.05. The van der Waals surface area contributed by atoms with Crippen LogP contribution in [0.1, 0.15) is 29.5 Å². The summed E-state index contributed by atoms with van der Waals surface area (Å²) < 4.78 is 50.0. The van der Waals surface area contributed by atoms with Crippen molar-refractivity contribution in [1.82, 2.24) is 14.3 Å². The van der Waals surface area contributed by atoms with E-state index in [-0.39, 0.29) is 16.1 Å². The molecule has 0 unspecified atom stereocenters. The molecule has 0 spiro atoms. The third kappa shape index (κ3) is 4.62. The van der Waals surface area contributed by atoms with Gasteiger partial charge in [0.2, 0.25) is 26.0 Å². The second-order valence-electron chi connectivity index (χ2n) is 8.54. The predicted octanol–water partition coefficient (Wildman–Crippen LogP) is 2.73. The Kier molecular flexibility index (Phi) is 5.55. The Balaban J connectivity index is 1.34. The van der Waals surface area contributed by atoms with E-state index in [2.05, 4.69) is 20.6 Å². The first-order chi connectivity index (χ1) is 16.1. The Labute approximate surface area is 198 Å². The molecule has 2 heterocycles. The lowest BCUT2D eigenvalue weighted by Gasteiger charge is -2.14. The fourth-order valence-corrected chi connectivity index (χ4v) is 6.19. The van der Waals surface area contributed by atoms with Gasteiger partial charge < -0.3 is 10.6 Å². The molecular weight excluding hydrogens is 476 g/mol. The van der Waals surface area contributed by atoms with E-state index in [1.165, 1.54) is 12.1 Å². The van der Waals surface area contributed by atoms with Crippen molar-refractivity contribution in [1.29, 1.82) is 0 Å². The quantitative estimate of drug-likeness (QED) is 0.449. The van der Waals surface area contributed by atoms with Crippen LogP contribution in [0.3, 0.4) is 0 Å². The minimum atomic E-state index is -3.83. The first-order valence-electron chi connectivity index (χ1n) is 10.7. The van der Waals surface area contributed by atoms with E-state index in [9.17, 15) is 16.8 Å². The van der Waals surface area contributed by atoms with E-state index in [4.69, 9.17) is 5.14 Å². The van der Waals surface area contributed by atoms with Gasteiger partial charge in [0.05, 0.1) is 10.1 Å². The molecule has 1 fully saturated rings. The fourth-order valence-electron chi connectivity index (χ4n) is 3.84. The van der Waals surface area contributed by atoms with Crippen LogP contribution in [0.2, 0.25) is 0 Å². The summed E-state index contributed by atoms with van der Waals surface area (Å²) in [6, 6.07) is 11.9. The maximum atomic E-state index is 12.6. The number of aromatic nitrogens is 2. The molecule has 0 bridgehead atoms. The van der Waals surface area contributed by atoms with Gasteiger partial charge in [-0.15, -0.1) is 0 Å². The summed E-state index contributed by atoms with van der Waals surface area (Å²) in [5, 5.41) is 11.3. The van der Waals surface area contributed by atoms with Crippen molar-refractivity contribution in [3.05, 3.63) is 65.4 Å². The molecule has 178 valence electrons. The second kappa shape index (κ2) is 8.31. The van der Waals surface area contributed by atoms with Crippen LogP contribution in [-0.2, 0) is 33.1 Å². The van der Waals surface area contributed by atoms with Crippen molar-refractivity contribution in [2.75, 3.05) is 10.6 Å². The van der Waals surface area contributed by atoms with Gasteiger partial charge in [-0.2, -0.15) is 9.29 Å². The number of rotatable bonds is 7. The Hall–Kier alpha value is -3.06. The minimum Gasteiger partial charge on any atom is -0.340 e. The lowest BCUT2D eigenvalue weighted by Crippen LogP contribution is -2.28. The van der Waals surface area contributed by atoms with E-state index in [0.29, 0.717) is 24.6 Å². The van der Waals surface area contributed by atoms with Gasteiger partial charge in [-0.3, -0.25) is 0 Å². The lowest BCUT2D eigenvalue weighted by molar-refractivity contribution is 0.430. The first kappa shape index (κ1) is 22.7. The summed E-state index contributed by atoms with van der Waals surface area (Å²) in [6.45, 7) is 2.65. The van der Waals surface area contributed by atoms with Crippen LogP contribution in [-0.4, -0.2) is 36.4 Å². The summed E-state index contributed by atoms with van der Waals surface area (Å²) in [4.78, 5) is 8.77. The highest BCUT2D eigenvalue weighted by Crippen LogP contribution is 2.36. The van der Waals surface area contributed by atoms with Crippen LogP contribution >= 0.6 is 0 Å². The van der Waals surface area contributed by atoms with Crippen molar-refractivity contribution in [2.45, 2.75) is 43.0 Å². The number of benzene rings is 2. The molecule has 10 nitrogen and oxygen atoms in total. The molecule has 34 heavy (non-hydrogen) atoms. The lowest BCUT2D eigenvalue weighted by atomic mass is 10.1. The highest BCUT2D eigenvalue weighted by Gasteiger charge is 2.42. The molecule has 1 saturated carbocycles. The summed E-state index contributed by atoms with van der Waals surface area (Å²) in [5.74, 6) is 0.850. The van der Waals surface area contributed by atoms with Gasteiger partial charge in [0, 0.05) is 36.2 Å². The maximum absolute atomic E-state index is 12.6. The van der Waals surface area contributed by atoms with Crippen molar-refractivity contribution in [2.24, 2.45) is 5.14 Å². The normalized spacial score (nSPS) is 16.3. The van der Waals surface area contributed by atoms with Crippen LogP contribution < -0.4 is 15.8 Å². The largest absolute Gasteiger partial charge is 0.340 e. The number of primary sulfonamides is 1. The second-order valence-corrected chi connectivity index (χ2v) is 12.3. The van der Waals surface area contributed by atoms with E-state index < -0.39 is 20.0 Å². The number of nitrogens with zero attached hydrogens (tertiary/aromatic N) is 3. The average Bonchev–Trinajstić information content (AvgIpc) is 3.56. The number of anilines is 4. The van der Waals surface area contributed by atoms with Gasteiger partial charge in [-0.05, 0) is 61.2 Å². The Morgan fingerprint density at radius 2 is 1.71 bits per heavy atom. The highest BCUT2D eigenvalue weighted by atomic mass is 32.2. The van der Waals surface area contributed by atoms with Crippen molar-refractivity contribution in [3.8, 4) is 0 Å². The van der Waals surface area contributed by atoms with E-state index in [1.54, 1.807) is 22.6 Å². The Morgan fingerprint density at radius 1 is 0.971 bits per heavy atom. The first-order valence-corrected chi connectivity index (χ1v) is 13.8. The predicted molar refractivity (Wildman–Crippen MR) is 129 cm³/mol. The van der Waals surface area contributed by atoms with Crippen LogP contribution in [0.4, 0.5) is 23.1 Å². The Bertz CT molecular complexity index is 1490. The van der Waals surface area contributed by atoms with Crippen LogP contribution in [0, 0.1) is 6.92 Å². The van der Waals surface area contributed by atoms with Gasteiger partial charge in [-0.1, -0.05) is 12.1 Å². The molecule has 3 aromatic rings. The number of sulfonamides is 2. The van der Waals surface area contributed by atoms with Crippen molar-refractivity contribution < 1.29 is 16.8 Å². The Morgan fingerprint density at radius 3 is 2.44 bits per heavy atom. The van der Waals surface area contributed by atoms with Crippen molar-refractivity contribution in [3.63, 3.8) is 0 Å². The van der Waals surface area contributed by atoms with Crippen molar-refractivity contribution >= 4 is 43.2 Å². The van der Waals surface area contributed by atoms with Crippen LogP contribution in [0.25, 0.3) is 0 Å². The van der Waals surface area contributed by atoms with E-state index in [0.717, 1.165) is 35.2 Å². The fraction of sp³-hybridized carbons (Fsp3) is 0.273. The zero-order chi connectivity index (χ0) is 24.1. The van der Waals surface area contributed by atoms with Crippen LogP contribution in [0.15, 0.2) is 53.6 Å². The van der Waals surface area contributed by atoms with Gasteiger partial charge >= 0.3 is 0 Å². The monoisotopic (exact) mass is 500 g/mol. The summed E-state index contributed by atoms with van der Waals surface area (Å²) in [5.41, 5.74) is 4.05. The molecular formula is C22H24N6O4S2. The van der Waals surface area contributed by atoms with Gasteiger partial charge in [-0.25, -0.2) is 27.0 Å². The average molecular weight is 501 g/mol. The number of hydrogen-bond donors (Lipinski definition) is 3. The number of nitrogens with two attached hydrogens (primary N) is 1. The van der Waals surface area contributed by atoms with Gasteiger partial charge in [0.15, 0.2) is 0 Å². The number of hydrogen-bond acceptors (Lipinski definition) is 8. The number of aryl methyl sites for hydroxylation is 1. The zero-order valence-electron chi connectivity index (χ0n) is 18.4. The molecule has 0 saturated heterocycles. The molecule has 0 amide bonds. The van der Waals surface area contributed by atoms with Gasteiger partial charge in [0.1, 0.15) is 5.82 Å². The summed E-state index contributed by atoms with van der Waals surface area (Å²) >= 11 is 0. The molecule has 1 aliphatic heterocycles. The molecule has 4 N–H and O–H groups in total. The number of fused-ring (bicyclic) bond motifs is 1. The van der Waals surface area contributed by atoms with E-state index >= 15 is 0 Å². The molecule has 1 aromatic heterocycles. The standard InChI is InChI=1S/C22H24N6O4S2/c1-14-11-24-22(26-17-3-2-4-20(10-17)33(23,29)30)27-21(14)25-18-6-5-15-12-28(13-16(15)9-18)34(31,32)19-7-8-19/h2-6,9-11,19H,7-8,12-13H2,1H3,(H2,23,29,30)(H2,24,25,26,27). The molecule has 5 rings (SSSR count). The summed E-state index contributed by atoms with van der Waals surface area (Å²) in [6.07, 6.45) is 3.15. The third-order valence-electron chi connectivity index (χ3n) is 5.86. The van der Waals surface area contributed by atoms with E-state index in [1.807, 2.05) is 25.1 Å². The maximum Gasteiger partial charge on any atom is 0.238 e. The molecule has 0 atom stereocenters. The van der Waals surface area contributed by atoms with Crippen LogP contribution in [0.5, 0.6) is 0 Å². The SMILES string of the molecule is Cc1cnc(Nc2cccc(S(N)(=O)=O)c2)nc1Nc1ccc2c(c1)CN(S(=O)(=O)C1CC1)C2. The molecule has 0 radical (unpaired) electrons. The third-order valence-corrected chi connectivity index (χ3v) is 9.06. The molecule has 2 aromatic carbocycles. The smallest absolute Gasteiger partial charge is 0.238 e. The minimum absolute atomic E-state index is 0.0150. The molecule has 2 aliphatic rings. The zero-order valence-corrected chi connectivity index (χ0v) is 20.0. The number of nitrogens with one attached hydrogen (secondary N) is 2. The topological polar surface area (TPSA) is 147 Å².